The van der Waals surface area contributed by atoms with Crippen molar-refractivity contribution in [2.75, 3.05) is 0 Å². The fourth-order valence-electron chi connectivity index (χ4n) is 2.17. The Kier molecular flexibility index (Phi) is 4.54. The third-order valence-corrected chi connectivity index (χ3v) is 5.11. The van der Waals surface area contributed by atoms with Crippen molar-refractivity contribution >= 4 is 51.1 Å². The molecule has 0 bridgehead atoms. The number of carbonyl (C=O) groups excluding carboxylic acids is 1. The number of nitrogens with zero attached hydrogens (tertiary/aromatic N) is 3. The molecule has 0 saturated heterocycles. The maximum Gasteiger partial charge on any atom is 0.283 e. The standard InChI is InChI=1S/C15H16N4OS2/c1-2-3-4-7-12-18-19-13(16)11(9-10-6-5-8-21-10)14(20)17-15(19)22-12/h5-6,8-9,16H,2-4,7H2,1H3/b11-9+,16-13?. The van der Waals surface area contributed by atoms with Crippen LogP contribution in [0.15, 0.2) is 33.2 Å². The van der Waals surface area contributed by atoms with Crippen LogP contribution in [0.5, 0.6) is 0 Å². The Bertz CT molecular complexity index is 688. The molecule has 1 amide bonds. The van der Waals surface area contributed by atoms with Gasteiger partial charge >= 0.3 is 0 Å². The van der Waals surface area contributed by atoms with Crippen molar-refractivity contribution < 1.29 is 4.79 Å². The quantitative estimate of drug-likeness (QED) is 0.656. The molecular formula is C15H16N4OS2. The van der Waals surface area contributed by atoms with Crippen molar-refractivity contribution in [3.63, 3.8) is 0 Å². The fraction of sp³-hybridized carbons (Fsp3) is 0.333. The normalized spacial score (nSPS) is 19.5. The van der Waals surface area contributed by atoms with Gasteiger partial charge in [-0.2, -0.15) is 15.1 Å². The number of rotatable bonds is 5. The van der Waals surface area contributed by atoms with Crippen molar-refractivity contribution in [1.29, 1.82) is 5.41 Å². The van der Waals surface area contributed by atoms with Crippen LogP contribution in [-0.2, 0) is 4.79 Å². The summed E-state index contributed by atoms with van der Waals surface area (Å²) >= 11 is 2.93. The molecule has 2 aliphatic heterocycles. The van der Waals surface area contributed by atoms with E-state index in [2.05, 4.69) is 17.0 Å². The van der Waals surface area contributed by atoms with E-state index in [1.54, 1.807) is 6.08 Å². The number of hydrazone groups is 1. The molecule has 0 saturated carbocycles. The van der Waals surface area contributed by atoms with Crippen LogP contribution in [0.25, 0.3) is 6.08 Å². The summed E-state index contributed by atoms with van der Waals surface area (Å²) in [6, 6.07) is 3.83. The number of unbranched alkanes of at least 4 members (excludes halogenated alkanes) is 2. The van der Waals surface area contributed by atoms with Crippen molar-refractivity contribution in [3.8, 4) is 0 Å². The molecule has 0 aliphatic carbocycles. The molecular weight excluding hydrogens is 316 g/mol. The molecule has 5 nitrogen and oxygen atoms in total. The van der Waals surface area contributed by atoms with Gasteiger partial charge < -0.3 is 0 Å². The molecule has 3 rings (SSSR count). The highest BCUT2D eigenvalue weighted by Gasteiger charge is 2.35. The molecule has 0 spiro atoms. The molecule has 0 aromatic carbocycles. The average Bonchev–Trinajstić information content (AvgIpc) is 3.13. The fourth-order valence-corrected chi connectivity index (χ4v) is 3.76. The zero-order valence-corrected chi connectivity index (χ0v) is 13.8. The maximum absolute atomic E-state index is 12.2. The van der Waals surface area contributed by atoms with Crippen LogP contribution in [0.4, 0.5) is 0 Å². The molecule has 2 aliphatic rings. The number of amidine groups is 2. The minimum absolute atomic E-state index is 0.112. The molecule has 0 unspecified atom stereocenters. The van der Waals surface area contributed by atoms with Crippen LogP contribution < -0.4 is 0 Å². The van der Waals surface area contributed by atoms with Gasteiger partial charge in [0, 0.05) is 4.88 Å². The van der Waals surface area contributed by atoms with Crippen LogP contribution in [-0.4, -0.2) is 27.0 Å². The molecule has 0 fully saturated rings. The summed E-state index contributed by atoms with van der Waals surface area (Å²) in [5.41, 5.74) is 0.297. The van der Waals surface area contributed by atoms with Crippen molar-refractivity contribution in [1.82, 2.24) is 5.01 Å². The predicted molar refractivity (Wildman–Crippen MR) is 93.5 cm³/mol. The molecule has 7 heteroatoms. The lowest BCUT2D eigenvalue weighted by atomic mass is 10.1. The van der Waals surface area contributed by atoms with Crippen LogP contribution >= 0.6 is 23.1 Å². The van der Waals surface area contributed by atoms with Gasteiger partial charge in [-0.15, -0.1) is 11.3 Å². The number of fused-ring (bicyclic) bond motifs is 1. The van der Waals surface area contributed by atoms with E-state index in [0.29, 0.717) is 10.7 Å². The Morgan fingerprint density at radius 1 is 1.41 bits per heavy atom. The van der Waals surface area contributed by atoms with E-state index in [1.807, 2.05) is 17.5 Å². The number of hydrogen-bond acceptors (Lipinski definition) is 5. The summed E-state index contributed by atoms with van der Waals surface area (Å²) in [4.78, 5) is 17.2. The lowest BCUT2D eigenvalue weighted by molar-refractivity contribution is -0.114. The van der Waals surface area contributed by atoms with Gasteiger partial charge in [-0.1, -0.05) is 25.8 Å². The number of carbonyl (C=O) groups is 1. The van der Waals surface area contributed by atoms with E-state index in [-0.39, 0.29) is 11.7 Å². The second kappa shape index (κ2) is 6.58. The van der Waals surface area contributed by atoms with Gasteiger partial charge in [0.2, 0.25) is 5.17 Å². The third kappa shape index (κ3) is 3.05. The number of thioether (sulfide) groups is 1. The van der Waals surface area contributed by atoms with E-state index in [4.69, 9.17) is 5.41 Å². The summed E-state index contributed by atoms with van der Waals surface area (Å²) in [7, 11) is 0. The molecule has 1 aromatic rings. The van der Waals surface area contributed by atoms with Crippen molar-refractivity contribution in [2.45, 2.75) is 32.6 Å². The molecule has 1 aromatic heterocycles. The first-order valence-electron chi connectivity index (χ1n) is 7.21. The largest absolute Gasteiger partial charge is 0.283 e. The molecule has 22 heavy (non-hydrogen) atoms. The van der Waals surface area contributed by atoms with E-state index < -0.39 is 0 Å². The van der Waals surface area contributed by atoms with Crippen LogP contribution in [0.3, 0.4) is 0 Å². The summed E-state index contributed by atoms with van der Waals surface area (Å²) in [5, 5.41) is 17.5. The number of nitrogens with one attached hydrogen (secondary N) is 1. The highest BCUT2D eigenvalue weighted by atomic mass is 32.2. The predicted octanol–water partition coefficient (Wildman–Crippen LogP) is 3.95. The molecule has 3 heterocycles. The van der Waals surface area contributed by atoms with Crippen LogP contribution in [0, 0.1) is 5.41 Å². The summed E-state index contributed by atoms with van der Waals surface area (Å²) < 4.78 is 0. The van der Waals surface area contributed by atoms with Gasteiger partial charge in [0.25, 0.3) is 5.91 Å². The summed E-state index contributed by atoms with van der Waals surface area (Å²) in [6.45, 7) is 2.16. The maximum atomic E-state index is 12.2. The van der Waals surface area contributed by atoms with Crippen LogP contribution in [0.1, 0.15) is 37.5 Å². The Morgan fingerprint density at radius 2 is 2.27 bits per heavy atom. The first-order valence-corrected chi connectivity index (χ1v) is 8.91. The number of aliphatic imine (C=N–C) groups is 1. The monoisotopic (exact) mass is 332 g/mol. The van der Waals surface area contributed by atoms with E-state index in [9.17, 15) is 4.79 Å². The van der Waals surface area contributed by atoms with E-state index in [1.165, 1.54) is 28.1 Å². The third-order valence-electron chi connectivity index (χ3n) is 3.32. The summed E-state index contributed by atoms with van der Waals surface area (Å²) in [6.07, 6.45) is 5.98. The number of amides is 1. The van der Waals surface area contributed by atoms with Gasteiger partial charge in [-0.25, -0.2) is 0 Å². The highest BCUT2D eigenvalue weighted by molar-refractivity contribution is 8.26. The van der Waals surface area contributed by atoms with E-state index in [0.717, 1.165) is 35.6 Å². The zero-order chi connectivity index (χ0) is 15.5. The molecule has 0 radical (unpaired) electrons. The Labute approximate surface area is 137 Å². The Hall–Kier alpha value is -1.73. The van der Waals surface area contributed by atoms with Gasteiger partial charge in [-0.3, -0.25) is 10.2 Å². The smallest absolute Gasteiger partial charge is 0.282 e. The first-order chi connectivity index (χ1) is 10.7. The zero-order valence-electron chi connectivity index (χ0n) is 12.2. The second-order valence-corrected chi connectivity index (χ2v) is 7.01. The Balaban J connectivity index is 1.81. The SMILES string of the molecule is CCCCCC1=NN2C(=N)/C(=C\c3cccs3)C(=O)N=C2S1. The average molecular weight is 332 g/mol. The minimum Gasteiger partial charge on any atom is -0.282 e. The van der Waals surface area contributed by atoms with E-state index >= 15 is 0 Å². The van der Waals surface area contributed by atoms with Gasteiger partial charge in [-0.05, 0) is 42.1 Å². The van der Waals surface area contributed by atoms with Gasteiger partial charge in [0.1, 0.15) is 5.04 Å². The minimum atomic E-state index is -0.359. The molecule has 114 valence electrons. The van der Waals surface area contributed by atoms with Crippen LogP contribution in [0.2, 0.25) is 0 Å². The van der Waals surface area contributed by atoms with Crippen molar-refractivity contribution in [2.24, 2.45) is 10.1 Å². The van der Waals surface area contributed by atoms with Gasteiger partial charge in [0.05, 0.1) is 5.57 Å². The lowest BCUT2D eigenvalue weighted by Gasteiger charge is -2.19. The first kappa shape index (κ1) is 15.2. The summed E-state index contributed by atoms with van der Waals surface area (Å²) in [5.74, 6) is -0.247. The number of thiophene rings is 1. The number of hydrogen-bond donors (Lipinski definition) is 1. The van der Waals surface area contributed by atoms with Gasteiger partial charge in [0.15, 0.2) is 5.84 Å². The molecule has 0 atom stereocenters. The van der Waals surface area contributed by atoms with Crippen molar-refractivity contribution in [3.05, 3.63) is 28.0 Å². The lowest BCUT2D eigenvalue weighted by Crippen LogP contribution is -2.35. The second-order valence-electron chi connectivity index (χ2n) is 4.99. The highest BCUT2D eigenvalue weighted by Crippen LogP contribution is 2.30. The molecule has 1 N–H and O–H groups in total. The Morgan fingerprint density at radius 3 is 3.00 bits per heavy atom. The topological polar surface area (TPSA) is 68.9 Å².